The normalized spacial score (nSPS) is 14.2. The molecule has 0 saturated carbocycles. The Morgan fingerprint density at radius 3 is 1.36 bits per heavy atom. The van der Waals surface area contributed by atoms with Crippen LogP contribution in [-0.4, -0.2) is 30.4 Å². The van der Waals surface area contributed by atoms with Crippen LogP contribution in [0.15, 0.2) is 68.1 Å². The Balaban J connectivity index is 2.12. The molecule has 2 unspecified atom stereocenters. The van der Waals surface area contributed by atoms with Crippen molar-refractivity contribution in [2.24, 2.45) is 0 Å². The Kier molecular flexibility index (Phi) is 8.14. The van der Waals surface area contributed by atoms with Gasteiger partial charge in [0.25, 0.3) is 0 Å². The van der Waals surface area contributed by atoms with Crippen molar-refractivity contribution < 1.29 is 8.42 Å². The van der Waals surface area contributed by atoms with E-state index in [4.69, 9.17) is 0 Å². The van der Waals surface area contributed by atoms with Crippen molar-refractivity contribution >= 4 is 58.6 Å². The van der Waals surface area contributed by atoms with Gasteiger partial charge in [-0.05, 0) is 48.5 Å². The molecule has 0 aromatic heterocycles. The molecule has 2 nitrogen and oxygen atoms in total. The molecule has 136 valence electrons. The Hall–Kier alpha value is -0.210. The first kappa shape index (κ1) is 21.1. The monoisotopic (exact) mass is 430 g/mol. The van der Waals surface area contributed by atoms with Gasteiger partial charge in [-0.25, -0.2) is 8.42 Å². The van der Waals surface area contributed by atoms with Gasteiger partial charge in [-0.2, -0.15) is 25.3 Å². The first-order valence-corrected chi connectivity index (χ1v) is 12.3. The fourth-order valence-corrected chi connectivity index (χ4v) is 5.23. The molecule has 0 radical (unpaired) electrons. The highest BCUT2D eigenvalue weighted by molar-refractivity contribution is 8.00. The molecule has 2 aromatic rings. The van der Waals surface area contributed by atoms with Crippen molar-refractivity contribution in [1.82, 2.24) is 0 Å². The van der Waals surface area contributed by atoms with E-state index < -0.39 is 9.84 Å². The van der Waals surface area contributed by atoms with E-state index in [2.05, 4.69) is 25.3 Å². The predicted octanol–water partition coefficient (Wildman–Crippen LogP) is 5.34. The summed E-state index contributed by atoms with van der Waals surface area (Å²) in [5.74, 6) is 1.78. The van der Waals surface area contributed by atoms with Gasteiger partial charge in [0.1, 0.15) is 0 Å². The number of benzene rings is 2. The average molecular weight is 431 g/mol. The molecule has 0 bridgehead atoms. The van der Waals surface area contributed by atoms with E-state index >= 15 is 0 Å². The van der Waals surface area contributed by atoms with Crippen molar-refractivity contribution in [2.45, 2.75) is 43.9 Å². The molecule has 25 heavy (non-hydrogen) atoms. The molecule has 2 atom stereocenters. The third kappa shape index (κ3) is 6.47. The van der Waals surface area contributed by atoms with Gasteiger partial charge < -0.3 is 0 Å². The maximum Gasteiger partial charge on any atom is 0.206 e. The topological polar surface area (TPSA) is 34.1 Å². The molecule has 2 rings (SSSR count). The van der Waals surface area contributed by atoms with Crippen LogP contribution in [0.1, 0.15) is 13.8 Å². The van der Waals surface area contributed by atoms with Gasteiger partial charge in [0.2, 0.25) is 9.84 Å². The molecule has 0 N–H and O–H groups in total. The van der Waals surface area contributed by atoms with Crippen LogP contribution in [-0.2, 0) is 9.84 Å². The first-order valence-electron chi connectivity index (χ1n) is 7.86. The molecule has 0 aliphatic rings. The number of hydrogen-bond acceptors (Lipinski definition) is 6. The quantitative estimate of drug-likeness (QED) is 0.437. The maximum atomic E-state index is 12.8. The Morgan fingerprint density at radius 1 is 0.760 bits per heavy atom. The van der Waals surface area contributed by atoms with Crippen LogP contribution in [0.25, 0.3) is 0 Å². The van der Waals surface area contributed by atoms with Crippen molar-refractivity contribution in [1.29, 1.82) is 0 Å². The highest BCUT2D eigenvalue weighted by Gasteiger charge is 2.17. The zero-order valence-corrected chi connectivity index (χ0v) is 18.4. The summed E-state index contributed by atoms with van der Waals surface area (Å²) in [6.45, 7) is 4.07. The van der Waals surface area contributed by atoms with Crippen molar-refractivity contribution in [2.75, 3.05) is 11.5 Å². The molecule has 7 heteroatoms. The minimum Gasteiger partial charge on any atom is -0.219 e. The van der Waals surface area contributed by atoms with E-state index in [0.717, 1.165) is 21.3 Å². The summed E-state index contributed by atoms with van der Waals surface area (Å²) >= 11 is 12.1. The molecule has 0 fully saturated rings. The summed E-state index contributed by atoms with van der Waals surface area (Å²) < 4.78 is 25.5. The van der Waals surface area contributed by atoms with Crippen molar-refractivity contribution in [3.63, 3.8) is 0 Å². The van der Waals surface area contributed by atoms with Gasteiger partial charge in [0.15, 0.2) is 0 Å². The third-order valence-electron chi connectivity index (χ3n) is 3.25. The minimum atomic E-state index is -3.48. The standard InChI is InChI=1S/C18H22O2S5/c1-13(21)11-23-15-3-7-17(8-4-15)25(19,20)18-9-5-16(6-10-18)24-12-14(2)22/h3-10,13-14,21-22H,11-12H2,1-2H3. The Labute approximate surface area is 170 Å². The SMILES string of the molecule is CC(S)CSc1ccc(S(=O)(=O)c2ccc(SCC(C)S)cc2)cc1. The fraction of sp³-hybridized carbons (Fsp3) is 0.333. The van der Waals surface area contributed by atoms with Crippen LogP contribution in [0, 0.1) is 0 Å². The maximum absolute atomic E-state index is 12.8. The van der Waals surface area contributed by atoms with E-state index in [0.29, 0.717) is 20.3 Å². The van der Waals surface area contributed by atoms with Crippen LogP contribution in [0.4, 0.5) is 0 Å². The number of sulfone groups is 1. The first-order chi connectivity index (χ1) is 11.8. The smallest absolute Gasteiger partial charge is 0.206 e. The van der Waals surface area contributed by atoms with Crippen molar-refractivity contribution in [3.8, 4) is 0 Å². The van der Waals surface area contributed by atoms with Gasteiger partial charge in [0.05, 0.1) is 9.79 Å². The molecule has 0 spiro atoms. The lowest BCUT2D eigenvalue weighted by molar-refractivity contribution is 0.596. The van der Waals surface area contributed by atoms with Gasteiger partial charge in [-0.1, -0.05) is 13.8 Å². The lowest BCUT2D eigenvalue weighted by Gasteiger charge is -2.08. The number of rotatable bonds is 8. The second-order valence-electron chi connectivity index (χ2n) is 5.77. The second kappa shape index (κ2) is 9.65. The molecule has 2 aromatic carbocycles. The largest absolute Gasteiger partial charge is 0.219 e. The molecule has 0 aliphatic heterocycles. The summed E-state index contributed by atoms with van der Waals surface area (Å²) in [4.78, 5) is 2.74. The third-order valence-corrected chi connectivity index (χ3v) is 8.44. The van der Waals surface area contributed by atoms with E-state index in [1.165, 1.54) is 0 Å². The molecule has 0 aliphatic carbocycles. The predicted molar refractivity (Wildman–Crippen MR) is 117 cm³/mol. The zero-order chi connectivity index (χ0) is 18.4. The van der Waals surface area contributed by atoms with Gasteiger partial charge in [-0.15, -0.1) is 23.5 Å². The van der Waals surface area contributed by atoms with E-state index in [1.807, 2.05) is 38.1 Å². The molecule has 0 saturated heterocycles. The molecule has 0 heterocycles. The van der Waals surface area contributed by atoms with E-state index in [-0.39, 0.29) is 0 Å². The number of thiol groups is 2. The van der Waals surface area contributed by atoms with Crippen LogP contribution in [0.5, 0.6) is 0 Å². The average Bonchev–Trinajstić information content (AvgIpc) is 2.59. The Morgan fingerprint density at radius 2 is 1.08 bits per heavy atom. The van der Waals surface area contributed by atoms with Crippen LogP contribution in [0.2, 0.25) is 0 Å². The summed E-state index contributed by atoms with van der Waals surface area (Å²) in [6.07, 6.45) is 0. The van der Waals surface area contributed by atoms with E-state index in [1.54, 1.807) is 47.8 Å². The van der Waals surface area contributed by atoms with Crippen LogP contribution < -0.4 is 0 Å². The van der Waals surface area contributed by atoms with Gasteiger partial charge in [0, 0.05) is 31.8 Å². The van der Waals surface area contributed by atoms with Crippen LogP contribution in [0.3, 0.4) is 0 Å². The van der Waals surface area contributed by atoms with Gasteiger partial charge >= 0.3 is 0 Å². The van der Waals surface area contributed by atoms with Crippen molar-refractivity contribution in [3.05, 3.63) is 48.5 Å². The van der Waals surface area contributed by atoms with Crippen LogP contribution >= 0.6 is 48.8 Å². The highest BCUT2D eigenvalue weighted by Crippen LogP contribution is 2.27. The summed E-state index contributed by atoms with van der Waals surface area (Å²) in [6, 6.07) is 14.1. The summed E-state index contributed by atoms with van der Waals surface area (Å²) in [5, 5.41) is 0.602. The summed E-state index contributed by atoms with van der Waals surface area (Å²) in [7, 11) is -3.48. The lowest BCUT2D eigenvalue weighted by Crippen LogP contribution is -2.02. The van der Waals surface area contributed by atoms with Gasteiger partial charge in [-0.3, -0.25) is 0 Å². The second-order valence-corrected chi connectivity index (χ2v) is 11.7. The number of thioether (sulfide) groups is 2. The number of hydrogen-bond donors (Lipinski definition) is 2. The molecule has 0 amide bonds. The lowest BCUT2D eigenvalue weighted by atomic mass is 10.4. The zero-order valence-electron chi connectivity index (χ0n) is 14.1. The summed E-state index contributed by atoms with van der Waals surface area (Å²) in [5.41, 5.74) is 0. The van der Waals surface area contributed by atoms with E-state index in [9.17, 15) is 8.42 Å². The highest BCUT2D eigenvalue weighted by atomic mass is 32.2. The molecular weight excluding hydrogens is 409 g/mol. The fourth-order valence-electron chi connectivity index (χ4n) is 2.00. The minimum absolute atomic E-state index is 0.301. The molecular formula is C18H22O2S5. The Bertz CT molecular complexity index is 705.